The Bertz CT molecular complexity index is 1170. The van der Waals surface area contributed by atoms with Crippen LogP contribution < -0.4 is 10.2 Å². The highest BCUT2D eigenvalue weighted by atomic mass is 19.4. The predicted molar refractivity (Wildman–Crippen MR) is 132 cm³/mol. The number of carboxylic acid groups (broad SMARTS) is 1. The number of carboxylic acids is 1. The second-order valence-electron chi connectivity index (χ2n) is 8.65. The molecule has 9 heteroatoms. The van der Waals surface area contributed by atoms with Crippen LogP contribution in [0.4, 0.5) is 24.7 Å². The molecule has 0 radical (unpaired) electrons. The van der Waals surface area contributed by atoms with Gasteiger partial charge in [-0.15, -0.1) is 0 Å². The number of aliphatic carboxylic acids is 1. The Labute approximate surface area is 207 Å². The van der Waals surface area contributed by atoms with Crippen LogP contribution >= 0.6 is 0 Å². The molecule has 0 bridgehead atoms. The molecular formula is C27H28F3N3O3. The largest absolute Gasteiger partial charge is 0.490 e. The number of carbonyl (C=O) groups is 2. The van der Waals surface area contributed by atoms with Gasteiger partial charge < -0.3 is 15.3 Å². The van der Waals surface area contributed by atoms with Crippen LogP contribution in [0.5, 0.6) is 0 Å². The summed E-state index contributed by atoms with van der Waals surface area (Å²) < 4.78 is 31.7. The summed E-state index contributed by atoms with van der Waals surface area (Å²) in [5.41, 5.74) is 5.39. The zero-order valence-electron chi connectivity index (χ0n) is 20.0. The van der Waals surface area contributed by atoms with Gasteiger partial charge in [0.1, 0.15) is 5.82 Å². The fraction of sp³-hybridized carbons (Fsp3) is 0.296. The van der Waals surface area contributed by atoms with Gasteiger partial charge in [0.15, 0.2) is 0 Å². The molecule has 0 unspecified atom stereocenters. The number of rotatable bonds is 4. The molecule has 4 rings (SSSR count). The van der Waals surface area contributed by atoms with Crippen LogP contribution in [-0.4, -0.2) is 41.2 Å². The lowest BCUT2D eigenvalue weighted by Crippen LogP contribution is -2.33. The Kier molecular flexibility index (Phi) is 8.68. The van der Waals surface area contributed by atoms with Gasteiger partial charge in [-0.05, 0) is 68.0 Å². The summed E-state index contributed by atoms with van der Waals surface area (Å²) in [4.78, 5) is 28.2. The molecule has 1 amide bonds. The van der Waals surface area contributed by atoms with Crippen molar-refractivity contribution < 1.29 is 27.9 Å². The molecule has 0 atom stereocenters. The van der Waals surface area contributed by atoms with Gasteiger partial charge in [0.25, 0.3) is 5.91 Å². The van der Waals surface area contributed by atoms with Crippen molar-refractivity contribution in [3.05, 3.63) is 89.1 Å². The number of nitrogens with zero attached hydrogens (tertiary/aromatic N) is 2. The summed E-state index contributed by atoms with van der Waals surface area (Å²) in [7, 11) is 0. The number of aryl methyl sites for hydroxylation is 2. The molecule has 1 fully saturated rings. The lowest BCUT2D eigenvalue weighted by molar-refractivity contribution is -0.192. The summed E-state index contributed by atoms with van der Waals surface area (Å²) >= 11 is 0. The van der Waals surface area contributed by atoms with Gasteiger partial charge in [0, 0.05) is 25.0 Å². The van der Waals surface area contributed by atoms with E-state index in [4.69, 9.17) is 9.90 Å². The molecule has 2 N–H and O–H groups in total. The Balaban J connectivity index is 0.000000454. The van der Waals surface area contributed by atoms with Crippen molar-refractivity contribution in [1.82, 2.24) is 4.98 Å². The summed E-state index contributed by atoms with van der Waals surface area (Å²) in [6, 6.07) is 20.3. The van der Waals surface area contributed by atoms with Crippen LogP contribution in [0.15, 0.2) is 66.9 Å². The molecule has 2 heterocycles. The smallest absolute Gasteiger partial charge is 0.475 e. The van der Waals surface area contributed by atoms with E-state index in [-0.39, 0.29) is 5.91 Å². The molecule has 190 valence electrons. The quantitative estimate of drug-likeness (QED) is 0.462. The maximum absolute atomic E-state index is 12.5. The SMILES string of the molecule is Cc1ccc(NC(=O)c2ccc(N3CCC(c4ccccc4C)CC3)nc2)cc1.O=C(O)C(F)(F)F. The molecule has 1 saturated heterocycles. The van der Waals surface area contributed by atoms with E-state index in [0.717, 1.165) is 37.4 Å². The lowest BCUT2D eigenvalue weighted by atomic mass is 9.87. The summed E-state index contributed by atoms with van der Waals surface area (Å²) in [6.07, 6.45) is -1.16. The average molecular weight is 500 g/mol. The number of halogens is 3. The number of anilines is 2. The molecule has 6 nitrogen and oxygen atoms in total. The first-order chi connectivity index (χ1) is 17.0. The molecule has 0 spiro atoms. The van der Waals surface area contributed by atoms with Gasteiger partial charge in [0.2, 0.25) is 0 Å². The number of nitrogens with one attached hydrogen (secondary N) is 1. The third kappa shape index (κ3) is 7.31. The highest BCUT2D eigenvalue weighted by Gasteiger charge is 2.38. The fourth-order valence-corrected chi connectivity index (χ4v) is 4.01. The van der Waals surface area contributed by atoms with Crippen molar-refractivity contribution in [2.24, 2.45) is 0 Å². The molecule has 1 aromatic heterocycles. The predicted octanol–water partition coefficient (Wildman–Crippen LogP) is 5.97. The van der Waals surface area contributed by atoms with Crippen LogP contribution in [0.3, 0.4) is 0 Å². The van der Waals surface area contributed by atoms with Crippen molar-refractivity contribution in [2.75, 3.05) is 23.3 Å². The van der Waals surface area contributed by atoms with Crippen LogP contribution in [0.25, 0.3) is 0 Å². The van der Waals surface area contributed by atoms with E-state index in [0.29, 0.717) is 11.5 Å². The van der Waals surface area contributed by atoms with Crippen LogP contribution in [-0.2, 0) is 4.79 Å². The van der Waals surface area contributed by atoms with Gasteiger partial charge in [-0.3, -0.25) is 4.79 Å². The van der Waals surface area contributed by atoms with Crippen LogP contribution in [0.1, 0.15) is 45.8 Å². The van der Waals surface area contributed by atoms with E-state index in [1.54, 1.807) is 6.20 Å². The fourth-order valence-electron chi connectivity index (χ4n) is 4.01. The second kappa shape index (κ2) is 11.7. The number of aromatic nitrogens is 1. The summed E-state index contributed by atoms with van der Waals surface area (Å²) in [5, 5.41) is 10.0. The number of benzene rings is 2. The minimum Gasteiger partial charge on any atom is -0.475 e. The number of pyridine rings is 1. The van der Waals surface area contributed by atoms with Gasteiger partial charge in [-0.2, -0.15) is 13.2 Å². The molecule has 1 aliphatic heterocycles. The Morgan fingerprint density at radius 2 is 1.58 bits per heavy atom. The van der Waals surface area contributed by atoms with Crippen LogP contribution in [0, 0.1) is 13.8 Å². The number of hydrogen-bond donors (Lipinski definition) is 2. The third-order valence-electron chi connectivity index (χ3n) is 6.01. The van der Waals surface area contributed by atoms with Crippen molar-refractivity contribution in [3.8, 4) is 0 Å². The number of hydrogen-bond acceptors (Lipinski definition) is 4. The van der Waals surface area contributed by atoms with E-state index in [1.165, 1.54) is 16.7 Å². The molecule has 0 aliphatic carbocycles. The van der Waals surface area contributed by atoms with Gasteiger partial charge in [0.05, 0.1) is 5.56 Å². The lowest BCUT2D eigenvalue weighted by Gasteiger charge is -2.33. The second-order valence-corrected chi connectivity index (χ2v) is 8.65. The maximum Gasteiger partial charge on any atom is 0.490 e. The molecule has 36 heavy (non-hydrogen) atoms. The zero-order valence-corrected chi connectivity index (χ0v) is 20.0. The molecule has 0 saturated carbocycles. The first kappa shape index (κ1) is 26.7. The summed E-state index contributed by atoms with van der Waals surface area (Å²) in [5.74, 6) is -1.33. The third-order valence-corrected chi connectivity index (χ3v) is 6.01. The topological polar surface area (TPSA) is 82.5 Å². The number of carbonyl (C=O) groups excluding carboxylic acids is 1. The molecule has 3 aromatic rings. The van der Waals surface area contributed by atoms with Crippen molar-refractivity contribution in [3.63, 3.8) is 0 Å². The first-order valence-corrected chi connectivity index (χ1v) is 11.5. The van der Waals surface area contributed by atoms with Gasteiger partial charge in [-0.1, -0.05) is 42.0 Å². The zero-order chi connectivity index (χ0) is 26.3. The Hall–Kier alpha value is -3.88. The van der Waals surface area contributed by atoms with E-state index in [9.17, 15) is 18.0 Å². The van der Waals surface area contributed by atoms with E-state index in [1.807, 2.05) is 43.3 Å². The summed E-state index contributed by atoms with van der Waals surface area (Å²) in [6.45, 7) is 6.20. The maximum atomic E-state index is 12.5. The van der Waals surface area contributed by atoms with E-state index >= 15 is 0 Å². The minimum atomic E-state index is -5.08. The average Bonchev–Trinajstić information content (AvgIpc) is 2.86. The number of amides is 1. The first-order valence-electron chi connectivity index (χ1n) is 11.5. The van der Waals surface area contributed by atoms with Crippen molar-refractivity contribution in [1.29, 1.82) is 0 Å². The number of piperidine rings is 1. The van der Waals surface area contributed by atoms with Gasteiger partial charge >= 0.3 is 12.1 Å². The number of alkyl halides is 3. The Morgan fingerprint density at radius 1 is 0.972 bits per heavy atom. The van der Waals surface area contributed by atoms with E-state index in [2.05, 4.69) is 46.4 Å². The molecule has 2 aromatic carbocycles. The minimum absolute atomic E-state index is 0.133. The van der Waals surface area contributed by atoms with Crippen LogP contribution in [0.2, 0.25) is 0 Å². The highest BCUT2D eigenvalue weighted by Crippen LogP contribution is 2.31. The normalized spacial score (nSPS) is 14.0. The highest BCUT2D eigenvalue weighted by molar-refractivity contribution is 6.04. The van der Waals surface area contributed by atoms with Crippen molar-refractivity contribution in [2.45, 2.75) is 38.8 Å². The standard InChI is InChI=1S/C25H27N3O.C2HF3O2/c1-18-7-10-22(11-8-18)27-25(29)21-9-12-24(26-17-21)28-15-13-20(14-16-28)23-6-4-3-5-19(23)2;3-2(4,5)1(6)7/h3-12,17,20H,13-16H2,1-2H3,(H,27,29);(H,6,7). The molecular weight excluding hydrogens is 471 g/mol. The molecule has 1 aliphatic rings. The monoisotopic (exact) mass is 499 g/mol. The van der Waals surface area contributed by atoms with Gasteiger partial charge in [-0.25, -0.2) is 9.78 Å². The Morgan fingerprint density at radius 3 is 2.11 bits per heavy atom. The van der Waals surface area contributed by atoms with E-state index < -0.39 is 12.1 Å². The van der Waals surface area contributed by atoms with Crippen molar-refractivity contribution >= 4 is 23.4 Å².